The van der Waals surface area contributed by atoms with Crippen molar-refractivity contribution in [2.45, 2.75) is 51.6 Å². The molecule has 194 valence electrons. The van der Waals surface area contributed by atoms with Crippen molar-refractivity contribution in [1.29, 1.82) is 0 Å². The van der Waals surface area contributed by atoms with Gasteiger partial charge in [0.1, 0.15) is 13.2 Å². The predicted molar refractivity (Wildman–Crippen MR) is 131 cm³/mol. The molecule has 2 aromatic carbocycles. The number of hydrazine groups is 1. The summed E-state index contributed by atoms with van der Waals surface area (Å²) in [4.78, 5) is 39.5. The second kappa shape index (κ2) is 12.7. The summed E-state index contributed by atoms with van der Waals surface area (Å²) < 4.78 is 35.7. The van der Waals surface area contributed by atoms with Crippen LogP contribution in [0.1, 0.15) is 44.2 Å². The van der Waals surface area contributed by atoms with Crippen LogP contribution in [0.15, 0.2) is 60.7 Å². The highest BCUT2D eigenvalue weighted by molar-refractivity contribution is 7.56. The number of carbonyl (C=O) groups is 3. The van der Waals surface area contributed by atoms with Gasteiger partial charge in [-0.05, 0) is 37.8 Å². The van der Waals surface area contributed by atoms with Gasteiger partial charge in [-0.2, -0.15) is 5.01 Å². The smallest absolute Gasteiger partial charge is 0.430 e. The molecule has 0 spiro atoms. The van der Waals surface area contributed by atoms with Gasteiger partial charge >= 0.3 is 19.8 Å². The Morgan fingerprint density at radius 1 is 0.917 bits per heavy atom. The molecule has 36 heavy (non-hydrogen) atoms. The number of hydrogen-bond donors (Lipinski definition) is 1. The molecule has 1 saturated carbocycles. The Morgan fingerprint density at radius 3 is 1.92 bits per heavy atom. The molecular formula is C25H31N2O8P. The zero-order valence-electron chi connectivity index (χ0n) is 20.4. The molecule has 1 N–H and O–H groups in total. The number of nitrogens with one attached hydrogen (secondary N) is 1. The topological polar surface area (TPSA) is 120 Å². The van der Waals surface area contributed by atoms with Crippen LogP contribution in [0.5, 0.6) is 0 Å². The molecule has 0 aliphatic heterocycles. The highest BCUT2D eigenvalue weighted by Crippen LogP contribution is 2.65. The van der Waals surface area contributed by atoms with Crippen LogP contribution in [0.2, 0.25) is 0 Å². The molecule has 2 aromatic rings. The number of nitrogens with zero attached hydrogens (tertiary/aromatic N) is 1. The van der Waals surface area contributed by atoms with Gasteiger partial charge < -0.3 is 18.5 Å². The Kier molecular flexibility index (Phi) is 9.64. The van der Waals surface area contributed by atoms with Crippen molar-refractivity contribution in [1.82, 2.24) is 10.4 Å². The molecule has 0 saturated heterocycles. The van der Waals surface area contributed by atoms with E-state index in [1.165, 1.54) is 0 Å². The van der Waals surface area contributed by atoms with Crippen LogP contribution < -0.4 is 5.43 Å². The van der Waals surface area contributed by atoms with Crippen molar-refractivity contribution in [2.75, 3.05) is 13.2 Å². The van der Waals surface area contributed by atoms with E-state index in [2.05, 4.69) is 5.43 Å². The van der Waals surface area contributed by atoms with Crippen LogP contribution in [-0.2, 0) is 41.1 Å². The lowest BCUT2D eigenvalue weighted by molar-refractivity contribution is -0.125. The second-order valence-corrected chi connectivity index (χ2v) is 10.2. The number of ether oxygens (including phenoxy) is 2. The molecule has 0 heterocycles. The molecule has 0 aromatic heterocycles. The number of carbonyl (C=O) groups excluding carboxylic acids is 3. The average Bonchev–Trinajstić information content (AvgIpc) is 3.28. The highest BCUT2D eigenvalue weighted by atomic mass is 31.2. The Morgan fingerprint density at radius 2 is 1.44 bits per heavy atom. The summed E-state index contributed by atoms with van der Waals surface area (Å²) in [5.74, 6) is -0.562. The summed E-state index contributed by atoms with van der Waals surface area (Å²) in [6.45, 7) is 2.87. The van der Waals surface area contributed by atoms with E-state index in [-0.39, 0.29) is 39.3 Å². The molecule has 1 aliphatic rings. The minimum Gasteiger partial charge on any atom is -0.443 e. The lowest BCUT2D eigenvalue weighted by Gasteiger charge is -2.41. The van der Waals surface area contributed by atoms with E-state index >= 15 is 0 Å². The second-order valence-electron chi connectivity index (χ2n) is 7.98. The van der Waals surface area contributed by atoms with Crippen LogP contribution in [0.3, 0.4) is 0 Å². The Labute approximate surface area is 210 Å². The molecule has 2 amide bonds. The summed E-state index contributed by atoms with van der Waals surface area (Å²) >= 11 is 0. The lowest BCUT2D eigenvalue weighted by Crippen LogP contribution is -2.62. The third-order valence-corrected chi connectivity index (χ3v) is 8.38. The average molecular weight is 519 g/mol. The van der Waals surface area contributed by atoms with Gasteiger partial charge in [0.15, 0.2) is 5.78 Å². The first-order valence-electron chi connectivity index (χ1n) is 11.8. The molecule has 11 heteroatoms. The Bertz CT molecular complexity index is 1070. The third-order valence-electron chi connectivity index (χ3n) is 5.60. The maximum atomic E-state index is 14.0. The van der Waals surface area contributed by atoms with Crippen molar-refractivity contribution < 1.29 is 37.5 Å². The van der Waals surface area contributed by atoms with Crippen molar-refractivity contribution in [3.63, 3.8) is 0 Å². The minimum absolute atomic E-state index is 0.0212. The van der Waals surface area contributed by atoms with E-state index in [0.29, 0.717) is 22.6 Å². The van der Waals surface area contributed by atoms with Crippen LogP contribution in [0, 0.1) is 0 Å². The van der Waals surface area contributed by atoms with Gasteiger partial charge in [-0.25, -0.2) is 15.0 Å². The molecule has 1 fully saturated rings. The van der Waals surface area contributed by atoms with Gasteiger partial charge in [0.05, 0.1) is 13.2 Å². The molecule has 1 unspecified atom stereocenters. The van der Waals surface area contributed by atoms with Gasteiger partial charge in [-0.3, -0.25) is 9.36 Å². The fourth-order valence-electron chi connectivity index (χ4n) is 3.99. The first kappa shape index (κ1) is 27.4. The van der Waals surface area contributed by atoms with E-state index in [0.717, 1.165) is 0 Å². The van der Waals surface area contributed by atoms with E-state index in [9.17, 15) is 18.9 Å². The summed E-state index contributed by atoms with van der Waals surface area (Å²) in [6.07, 6.45) is -1.85. The number of Topliss-reactive ketones (excluding diaryl/α,β-unsaturated/α-hetero) is 1. The first-order valence-corrected chi connectivity index (χ1v) is 13.3. The quantitative estimate of drug-likeness (QED) is 0.337. The molecule has 1 aliphatic carbocycles. The summed E-state index contributed by atoms with van der Waals surface area (Å²) in [6, 6.07) is 17.8. The van der Waals surface area contributed by atoms with Crippen LogP contribution in [-0.4, -0.2) is 41.5 Å². The monoisotopic (exact) mass is 518 g/mol. The van der Waals surface area contributed by atoms with E-state index in [4.69, 9.17) is 18.5 Å². The van der Waals surface area contributed by atoms with Crippen LogP contribution in [0.4, 0.5) is 9.59 Å². The highest BCUT2D eigenvalue weighted by Gasteiger charge is 2.65. The molecular weight excluding hydrogens is 487 g/mol. The molecule has 10 nitrogen and oxygen atoms in total. The van der Waals surface area contributed by atoms with Gasteiger partial charge in [-0.1, -0.05) is 60.7 Å². The van der Waals surface area contributed by atoms with Crippen molar-refractivity contribution >= 4 is 25.6 Å². The Hall–Kier alpha value is -3.20. The molecule has 3 rings (SSSR count). The largest absolute Gasteiger partial charge is 0.443 e. The number of rotatable bonds is 10. The summed E-state index contributed by atoms with van der Waals surface area (Å²) in [5, 5.41) is -1.46. The first-order chi connectivity index (χ1) is 17.4. The van der Waals surface area contributed by atoms with Gasteiger partial charge in [0.25, 0.3) is 0 Å². The van der Waals surface area contributed by atoms with Gasteiger partial charge in [0, 0.05) is 6.42 Å². The predicted octanol–water partition coefficient (Wildman–Crippen LogP) is 5.18. The maximum absolute atomic E-state index is 14.0. The molecule has 0 bridgehead atoms. The SMILES string of the molecule is CCOP(=O)(OCC)C1(N(NC(=O)OCc2ccccc2)C(=O)OCc2ccccc2)CCCC1=O. The van der Waals surface area contributed by atoms with E-state index in [1.807, 2.05) is 12.1 Å². The van der Waals surface area contributed by atoms with Gasteiger partial charge in [-0.15, -0.1) is 0 Å². The zero-order valence-corrected chi connectivity index (χ0v) is 21.3. The molecule has 0 radical (unpaired) electrons. The number of hydrogen-bond acceptors (Lipinski definition) is 8. The van der Waals surface area contributed by atoms with Crippen LogP contribution in [0.25, 0.3) is 0 Å². The minimum atomic E-state index is -4.29. The normalized spacial score (nSPS) is 17.4. The maximum Gasteiger partial charge on any atom is 0.430 e. The standard InChI is InChI=1S/C25H31N2O8P/c1-3-34-36(31,35-4-2)25(17-11-16-22(25)28)27(24(30)33-19-21-14-9-6-10-15-21)26-23(29)32-18-20-12-7-5-8-13-20/h5-10,12-15H,3-4,11,16-19H2,1-2H3,(H,26,29). The lowest BCUT2D eigenvalue weighted by atomic mass is 10.2. The van der Waals surface area contributed by atoms with Crippen LogP contribution >= 0.6 is 7.60 Å². The zero-order chi connectivity index (χ0) is 26.0. The molecule has 1 atom stereocenters. The van der Waals surface area contributed by atoms with Crippen molar-refractivity contribution in [3.8, 4) is 0 Å². The van der Waals surface area contributed by atoms with Crippen molar-refractivity contribution in [2.24, 2.45) is 0 Å². The number of amides is 2. The van der Waals surface area contributed by atoms with Gasteiger partial charge in [0.2, 0.25) is 5.28 Å². The third kappa shape index (κ3) is 6.13. The fourth-order valence-corrected chi connectivity index (χ4v) is 6.40. The number of ketones is 1. The summed E-state index contributed by atoms with van der Waals surface area (Å²) in [5.41, 5.74) is 3.70. The van der Waals surface area contributed by atoms with E-state index < -0.39 is 30.8 Å². The number of benzene rings is 2. The van der Waals surface area contributed by atoms with Crippen molar-refractivity contribution in [3.05, 3.63) is 71.8 Å². The Balaban J connectivity index is 1.92. The van der Waals surface area contributed by atoms with E-state index in [1.54, 1.807) is 62.4 Å². The fraction of sp³-hybridized carbons (Fsp3) is 0.400. The summed E-state index contributed by atoms with van der Waals surface area (Å²) in [7, 11) is -4.29.